The van der Waals surface area contributed by atoms with Gasteiger partial charge in [0, 0.05) is 0 Å². The number of carboxylic acids is 2. The topological polar surface area (TPSA) is 109 Å². The molecule has 118 valence electrons. The van der Waals surface area contributed by atoms with Crippen molar-refractivity contribution in [2.24, 2.45) is 0 Å². The Morgan fingerprint density at radius 2 is 1.05 bits per heavy atom. The molecule has 0 amide bonds. The number of carboxylic acid groups (broad SMARTS) is 2. The third kappa shape index (κ3) is 3.19. The minimum Gasteiger partial charge on any atom is -0.478 e. The second-order valence-electron chi connectivity index (χ2n) is 4.11. The fraction of sp³-hybridized carbons (Fsp3) is 0. The molecule has 0 atom stereocenters. The maximum absolute atomic E-state index is 12.6. The predicted octanol–water partition coefficient (Wildman–Crippen LogP) is 1.91. The molecule has 0 aliphatic carbocycles. The quantitative estimate of drug-likeness (QED) is 0.797. The van der Waals surface area contributed by atoms with Crippen LogP contribution < -0.4 is 0 Å². The van der Waals surface area contributed by atoms with Gasteiger partial charge in [-0.05, 0) is 24.3 Å². The third-order valence-electron chi connectivity index (χ3n) is 2.81. The minimum atomic E-state index is -4.25. The van der Waals surface area contributed by atoms with Crippen LogP contribution in [0.4, 0.5) is 0 Å². The van der Waals surface area contributed by atoms with Crippen molar-refractivity contribution in [1.82, 2.24) is 0 Å². The van der Waals surface area contributed by atoms with Gasteiger partial charge in [0.2, 0.25) is 9.84 Å². The fourth-order valence-corrected chi connectivity index (χ4v) is 3.52. The summed E-state index contributed by atoms with van der Waals surface area (Å²) in [7, 11) is -4.25. The molecule has 2 rings (SSSR count). The second kappa shape index (κ2) is 6.74. The maximum Gasteiger partial charge on any atom is 1.00 e. The van der Waals surface area contributed by atoms with Gasteiger partial charge in [0.05, 0.1) is 20.9 Å². The summed E-state index contributed by atoms with van der Waals surface area (Å²) in [5, 5.41) is 18.1. The van der Waals surface area contributed by atoms with Crippen LogP contribution in [-0.4, -0.2) is 30.6 Å². The predicted molar refractivity (Wildman–Crippen MR) is 72.3 cm³/mol. The Bertz CT molecular complexity index is 765. The molecule has 0 aliphatic rings. The Labute approximate surface area is 136 Å². The molecule has 0 spiro atoms. The molecule has 0 aromatic heterocycles. The van der Waals surface area contributed by atoms with E-state index in [2.05, 4.69) is 0 Å². The standard InChI is InChI=1S/C14H10O6S.Cu/c15-13(16)9-5-1-3-7-11(9)21(19,20)12-8-4-2-6-10(12)14(17)18;/h1-8H,(H,15,16)(H,17,18);/q;+1. The van der Waals surface area contributed by atoms with Crippen molar-refractivity contribution in [3.63, 3.8) is 0 Å². The average molecular weight is 370 g/mol. The first-order chi connectivity index (χ1) is 9.85. The minimum absolute atomic E-state index is 0. The van der Waals surface area contributed by atoms with E-state index >= 15 is 0 Å². The molecular weight excluding hydrogens is 360 g/mol. The number of sulfone groups is 1. The molecule has 6 nitrogen and oxygen atoms in total. The van der Waals surface area contributed by atoms with Gasteiger partial charge in [-0.3, -0.25) is 0 Å². The summed E-state index contributed by atoms with van der Waals surface area (Å²) in [5.74, 6) is -2.80. The molecule has 0 radical (unpaired) electrons. The van der Waals surface area contributed by atoms with Gasteiger partial charge in [0.15, 0.2) is 0 Å². The Morgan fingerprint density at radius 3 is 1.36 bits per heavy atom. The number of aromatic carboxylic acids is 2. The fourth-order valence-electron chi connectivity index (χ4n) is 1.87. The number of hydrogen-bond donors (Lipinski definition) is 2. The van der Waals surface area contributed by atoms with Crippen molar-refractivity contribution in [2.45, 2.75) is 9.79 Å². The molecule has 2 N–H and O–H groups in total. The second-order valence-corrected chi connectivity index (χ2v) is 5.99. The molecule has 0 saturated carbocycles. The van der Waals surface area contributed by atoms with Crippen LogP contribution in [0.1, 0.15) is 20.7 Å². The van der Waals surface area contributed by atoms with E-state index in [1.807, 2.05) is 0 Å². The number of hydrogen-bond acceptors (Lipinski definition) is 4. The van der Waals surface area contributed by atoms with Crippen LogP contribution in [0.2, 0.25) is 0 Å². The SMILES string of the molecule is O=C(O)c1ccccc1S(=O)(=O)c1ccccc1C(=O)O.[Cu+]. The first-order valence-corrected chi connectivity index (χ1v) is 7.23. The molecule has 0 bridgehead atoms. The average Bonchev–Trinajstić information content (AvgIpc) is 2.47. The van der Waals surface area contributed by atoms with E-state index in [4.69, 9.17) is 10.2 Å². The molecule has 2 aromatic rings. The van der Waals surface area contributed by atoms with Gasteiger partial charge in [-0.2, -0.15) is 0 Å². The monoisotopic (exact) mass is 369 g/mol. The summed E-state index contributed by atoms with van der Waals surface area (Å²) in [6.07, 6.45) is 0. The van der Waals surface area contributed by atoms with E-state index in [0.717, 1.165) is 24.3 Å². The third-order valence-corrected chi connectivity index (χ3v) is 4.68. The maximum atomic E-state index is 12.6. The van der Waals surface area contributed by atoms with E-state index < -0.39 is 42.7 Å². The van der Waals surface area contributed by atoms with Crippen molar-refractivity contribution < 1.29 is 45.3 Å². The number of carbonyl (C=O) groups is 2. The zero-order chi connectivity index (χ0) is 15.6. The first kappa shape index (κ1) is 17.9. The molecule has 0 unspecified atom stereocenters. The molecule has 2 aromatic carbocycles. The molecule has 0 heterocycles. The van der Waals surface area contributed by atoms with Gasteiger partial charge in [0.25, 0.3) is 0 Å². The van der Waals surface area contributed by atoms with E-state index in [0.29, 0.717) is 0 Å². The summed E-state index contributed by atoms with van der Waals surface area (Å²) in [6.45, 7) is 0. The summed E-state index contributed by atoms with van der Waals surface area (Å²) in [4.78, 5) is 21.4. The van der Waals surface area contributed by atoms with Gasteiger partial charge in [-0.15, -0.1) is 0 Å². The Hall–Kier alpha value is -2.15. The molecular formula is C14H10CuO6S+. The van der Waals surface area contributed by atoms with Crippen LogP contribution in [0.3, 0.4) is 0 Å². The summed E-state index contributed by atoms with van der Waals surface area (Å²) in [5.41, 5.74) is -0.810. The van der Waals surface area contributed by atoms with Gasteiger partial charge in [-0.25, -0.2) is 18.0 Å². The summed E-state index contributed by atoms with van der Waals surface area (Å²) >= 11 is 0. The van der Waals surface area contributed by atoms with Crippen LogP contribution >= 0.6 is 0 Å². The summed E-state index contributed by atoms with van der Waals surface area (Å²) in [6, 6.07) is 10.1. The Balaban J connectivity index is 0.00000242. The molecule has 8 heteroatoms. The van der Waals surface area contributed by atoms with Crippen LogP contribution in [-0.2, 0) is 26.9 Å². The van der Waals surface area contributed by atoms with Crippen molar-refractivity contribution in [2.75, 3.05) is 0 Å². The normalized spacial score (nSPS) is 10.5. The molecule has 22 heavy (non-hydrogen) atoms. The van der Waals surface area contributed by atoms with Gasteiger partial charge in [-0.1, -0.05) is 24.3 Å². The van der Waals surface area contributed by atoms with Crippen LogP contribution in [0, 0.1) is 0 Å². The van der Waals surface area contributed by atoms with Gasteiger partial charge >= 0.3 is 29.0 Å². The van der Waals surface area contributed by atoms with Crippen molar-refractivity contribution in [3.05, 3.63) is 59.7 Å². The Morgan fingerprint density at radius 1 is 0.727 bits per heavy atom. The van der Waals surface area contributed by atoms with Gasteiger partial charge in [0.1, 0.15) is 0 Å². The first-order valence-electron chi connectivity index (χ1n) is 5.75. The zero-order valence-corrected chi connectivity index (χ0v) is 12.6. The number of benzene rings is 2. The van der Waals surface area contributed by atoms with E-state index in [1.54, 1.807) is 0 Å². The molecule has 0 fully saturated rings. The van der Waals surface area contributed by atoms with E-state index in [1.165, 1.54) is 24.3 Å². The van der Waals surface area contributed by atoms with Crippen molar-refractivity contribution in [1.29, 1.82) is 0 Å². The van der Waals surface area contributed by atoms with Gasteiger partial charge < -0.3 is 10.2 Å². The zero-order valence-electron chi connectivity index (χ0n) is 10.9. The number of rotatable bonds is 4. The van der Waals surface area contributed by atoms with E-state index in [-0.39, 0.29) is 17.1 Å². The van der Waals surface area contributed by atoms with Crippen molar-refractivity contribution >= 4 is 21.8 Å². The Kier molecular flexibility index (Phi) is 5.48. The smallest absolute Gasteiger partial charge is 0.478 e. The summed E-state index contributed by atoms with van der Waals surface area (Å²) < 4.78 is 25.1. The van der Waals surface area contributed by atoms with E-state index in [9.17, 15) is 18.0 Å². The van der Waals surface area contributed by atoms with Crippen LogP contribution in [0.15, 0.2) is 58.3 Å². The van der Waals surface area contributed by atoms with Crippen molar-refractivity contribution in [3.8, 4) is 0 Å². The molecule has 0 saturated heterocycles. The largest absolute Gasteiger partial charge is 1.00 e. The molecule has 0 aliphatic heterocycles. The van der Waals surface area contributed by atoms with Crippen LogP contribution in [0.5, 0.6) is 0 Å². The van der Waals surface area contributed by atoms with Crippen LogP contribution in [0.25, 0.3) is 0 Å².